The van der Waals surface area contributed by atoms with E-state index in [0.717, 1.165) is 0 Å². The molecule has 0 fully saturated rings. The maximum atomic E-state index is 12.1. The normalized spacial score (nSPS) is 12.6. The lowest BCUT2D eigenvalue weighted by Crippen LogP contribution is -2.32. The maximum absolute atomic E-state index is 12.1. The van der Waals surface area contributed by atoms with Gasteiger partial charge in [-0.1, -0.05) is 29.7 Å². The van der Waals surface area contributed by atoms with Crippen LogP contribution >= 0.6 is 11.6 Å². The van der Waals surface area contributed by atoms with E-state index in [0.29, 0.717) is 16.2 Å². The van der Waals surface area contributed by atoms with E-state index in [1.807, 2.05) is 0 Å². The quantitative estimate of drug-likeness (QED) is 0.330. The van der Waals surface area contributed by atoms with Crippen LogP contribution in [-0.4, -0.2) is 35.6 Å². The van der Waals surface area contributed by atoms with Gasteiger partial charge in [0.05, 0.1) is 11.3 Å². The maximum Gasteiger partial charge on any atom is 0.338 e. The molecule has 0 bridgehead atoms. The van der Waals surface area contributed by atoms with Crippen molar-refractivity contribution < 1.29 is 24.2 Å². The summed E-state index contributed by atoms with van der Waals surface area (Å²) in [5, 5.41) is 11.8. The topological polar surface area (TPSA) is 119 Å². The molecule has 1 rings (SSSR count). The Bertz CT molecular complexity index is 822. The summed E-state index contributed by atoms with van der Waals surface area (Å²) in [6.07, 6.45) is 8.58. The number of nitrogens with one attached hydrogen (secondary N) is 1. The van der Waals surface area contributed by atoms with Crippen molar-refractivity contribution in [2.75, 3.05) is 6.61 Å². The van der Waals surface area contributed by atoms with Crippen LogP contribution in [0.5, 0.6) is 0 Å². The Balaban J connectivity index is 2.80. The van der Waals surface area contributed by atoms with Crippen molar-refractivity contribution in [1.29, 1.82) is 0 Å². The third kappa shape index (κ3) is 7.66. The predicted octanol–water partition coefficient (Wildman–Crippen LogP) is 2.27. The molecule has 1 aromatic rings. The monoisotopic (exact) mass is 404 g/mol. The van der Waals surface area contributed by atoms with Gasteiger partial charge in [0.1, 0.15) is 12.6 Å². The summed E-state index contributed by atoms with van der Waals surface area (Å²) < 4.78 is 5.24. The molecule has 1 aromatic carbocycles. The number of amides is 1. The number of carboxylic acid groups (broad SMARTS) is 1. The molecule has 8 heteroatoms. The van der Waals surface area contributed by atoms with E-state index in [9.17, 15) is 14.4 Å². The number of nitrogens with two attached hydrogens (primary N) is 1. The first-order valence-corrected chi connectivity index (χ1v) is 8.69. The Morgan fingerprint density at radius 3 is 2.54 bits per heavy atom. The van der Waals surface area contributed by atoms with Gasteiger partial charge in [-0.05, 0) is 37.6 Å². The second-order valence-corrected chi connectivity index (χ2v) is 6.10. The summed E-state index contributed by atoms with van der Waals surface area (Å²) >= 11 is 5.78. The van der Waals surface area contributed by atoms with Gasteiger partial charge in [-0.25, -0.2) is 4.79 Å². The van der Waals surface area contributed by atoms with Crippen molar-refractivity contribution in [3.05, 3.63) is 58.3 Å². The molecule has 148 valence electrons. The number of hydrogen-bond acceptors (Lipinski definition) is 5. The number of carboxylic acids is 1. The molecule has 0 spiro atoms. The molecule has 4 N–H and O–H groups in total. The molecule has 0 aliphatic rings. The number of esters is 1. The first-order chi connectivity index (χ1) is 13.3. The van der Waals surface area contributed by atoms with Crippen LogP contribution in [0.25, 0.3) is 0 Å². The molecule has 0 radical (unpaired) electrons. The number of ether oxygens (including phenoxy) is 1. The van der Waals surface area contributed by atoms with E-state index in [1.165, 1.54) is 12.1 Å². The number of rotatable bonds is 9. The lowest BCUT2D eigenvalue weighted by molar-refractivity contribution is -0.138. The second kappa shape index (κ2) is 11.6. The van der Waals surface area contributed by atoms with Crippen molar-refractivity contribution in [3.8, 4) is 12.3 Å². The second-order valence-electron chi connectivity index (χ2n) is 5.66. The fourth-order valence-electron chi connectivity index (χ4n) is 2.04. The Morgan fingerprint density at radius 1 is 1.36 bits per heavy atom. The Labute approximate surface area is 168 Å². The number of carbonyl (C=O) groups excluding carboxylic acids is 2. The molecule has 28 heavy (non-hydrogen) atoms. The molecule has 1 amide bonds. The third-order valence-corrected chi connectivity index (χ3v) is 3.79. The minimum Gasteiger partial charge on any atom is -0.480 e. The number of aliphatic carboxylic acids is 1. The summed E-state index contributed by atoms with van der Waals surface area (Å²) in [5.74, 6) is 0.0835. The predicted molar refractivity (Wildman–Crippen MR) is 105 cm³/mol. The fraction of sp³-hybridized carbons (Fsp3) is 0.250. The van der Waals surface area contributed by atoms with Gasteiger partial charge in [0.25, 0.3) is 0 Å². The molecule has 0 saturated carbocycles. The fourth-order valence-corrected chi connectivity index (χ4v) is 2.16. The van der Waals surface area contributed by atoms with Crippen molar-refractivity contribution in [1.82, 2.24) is 5.32 Å². The highest BCUT2D eigenvalue weighted by molar-refractivity contribution is 6.30. The molecule has 0 heterocycles. The minimum absolute atomic E-state index is 0.0382. The van der Waals surface area contributed by atoms with Crippen LogP contribution in [0.2, 0.25) is 5.02 Å². The number of halogens is 1. The summed E-state index contributed by atoms with van der Waals surface area (Å²) in [7, 11) is 0. The van der Waals surface area contributed by atoms with E-state index >= 15 is 0 Å². The Morgan fingerprint density at radius 2 is 2.00 bits per heavy atom. The van der Waals surface area contributed by atoms with Crippen LogP contribution in [0.1, 0.15) is 30.1 Å². The molecule has 0 unspecified atom stereocenters. The molecule has 0 saturated heterocycles. The molecule has 0 aliphatic carbocycles. The molecule has 0 aliphatic heterocycles. The van der Waals surface area contributed by atoms with Crippen LogP contribution in [-0.2, 0) is 14.3 Å². The van der Waals surface area contributed by atoms with E-state index < -0.39 is 23.9 Å². The third-order valence-electron chi connectivity index (χ3n) is 3.54. The summed E-state index contributed by atoms with van der Waals surface area (Å²) in [6.45, 7) is 1.57. The summed E-state index contributed by atoms with van der Waals surface area (Å²) in [6, 6.07) is 5.05. The minimum atomic E-state index is -1.19. The van der Waals surface area contributed by atoms with E-state index in [-0.39, 0.29) is 25.1 Å². The lowest BCUT2D eigenvalue weighted by atomic mass is 10.1. The Hall–Kier alpha value is -3.08. The van der Waals surface area contributed by atoms with Crippen LogP contribution in [0.15, 0.2) is 47.7 Å². The highest BCUT2D eigenvalue weighted by Crippen LogP contribution is 2.12. The first-order valence-electron chi connectivity index (χ1n) is 8.31. The number of hydrogen-bond donors (Lipinski definition) is 3. The van der Waals surface area contributed by atoms with E-state index in [4.69, 9.17) is 33.6 Å². The number of terminal acetylenes is 1. The van der Waals surface area contributed by atoms with Gasteiger partial charge in [0, 0.05) is 17.0 Å². The molecular weight excluding hydrogens is 384 g/mol. The van der Waals surface area contributed by atoms with Gasteiger partial charge in [0.2, 0.25) is 5.91 Å². The van der Waals surface area contributed by atoms with Crippen molar-refractivity contribution in [3.63, 3.8) is 0 Å². The smallest absolute Gasteiger partial charge is 0.338 e. The van der Waals surface area contributed by atoms with Gasteiger partial charge in [0.15, 0.2) is 0 Å². The highest BCUT2D eigenvalue weighted by atomic mass is 35.5. The first kappa shape index (κ1) is 23.0. The van der Waals surface area contributed by atoms with Crippen molar-refractivity contribution in [2.45, 2.75) is 25.8 Å². The van der Waals surface area contributed by atoms with Crippen LogP contribution in [0, 0.1) is 12.3 Å². The highest BCUT2D eigenvalue weighted by Gasteiger charge is 2.15. The molecule has 0 aromatic heterocycles. The van der Waals surface area contributed by atoms with Gasteiger partial charge in [-0.15, -0.1) is 6.42 Å². The molecule has 1 atom stereocenters. The summed E-state index contributed by atoms with van der Waals surface area (Å²) in [4.78, 5) is 34.8. The van der Waals surface area contributed by atoms with Crippen molar-refractivity contribution >= 4 is 29.4 Å². The van der Waals surface area contributed by atoms with Crippen LogP contribution in [0.4, 0.5) is 0 Å². The zero-order valence-corrected chi connectivity index (χ0v) is 16.0. The molecular formula is C20H21ClN2O5. The number of carbonyl (C=O) groups is 3. The Kier molecular flexibility index (Phi) is 9.51. The van der Waals surface area contributed by atoms with Gasteiger partial charge < -0.3 is 20.9 Å². The average Bonchev–Trinajstić information content (AvgIpc) is 2.67. The van der Waals surface area contributed by atoms with Gasteiger partial charge >= 0.3 is 11.9 Å². The number of benzene rings is 1. The summed E-state index contributed by atoms with van der Waals surface area (Å²) in [5.41, 5.74) is 6.22. The van der Waals surface area contributed by atoms with E-state index in [1.54, 1.807) is 31.2 Å². The van der Waals surface area contributed by atoms with Gasteiger partial charge in [-0.3, -0.25) is 9.59 Å². The standard InChI is InChI=1S/C20H21ClN2O5/c1-3-5-14(12-28-20(27)13-6-8-15(21)9-7-13)17(4-2)23-18(24)11-10-16(22)19(25)26/h2-3,5-9,16H,10-12,22H2,1H3,(H,23,24)(H,25,26)/b5-3-,17-14-/t16-/m0/s1. The number of allylic oxidation sites excluding steroid dienone is 2. The van der Waals surface area contributed by atoms with E-state index in [2.05, 4.69) is 11.2 Å². The largest absolute Gasteiger partial charge is 0.480 e. The average molecular weight is 405 g/mol. The van der Waals surface area contributed by atoms with Gasteiger partial charge in [-0.2, -0.15) is 0 Å². The lowest BCUT2D eigenvalue weighted by Gasteiger charge is -2.11. The van der Waals surface area contributed by atoms with Crippen molar-refractivity contribution in [2.24, 2.45) is 5.73 Å². The molecule has 7 nitrogen and oxygen atoms in total. The zero-order valence-electron chi connectivity index (χ0n) is 15.3. The SMILES string of the molecule is C#C/C(NC(=O)CC[C@H](N)C(=O)O)=C(\C=C/C)COC(=O)c1ccc(Cl)cc1. The zero-order chi connectivity index (χ0) is 21.1. The van der Waals surface area contributed by atoms with Crippen LogP contribution in [0.3, 0.4) is 0 Å². The van der Waals surface area contributed by atoms with Crippen LogP contribution < -0.4 is 11.1 Å².